The molecule has 0 spiro atoms. The first-order chi connectivity index (χ1) is 13.6. The first-order valence-electron chi connectivity index (χ1n) is 11.2. The number of aliphatic hydroxyl groups is 2. The fourth-order valence-corrected chi connectivity index (χ4v) is 7.27. The van der Waals surface area contributed by atoms with Gasteiger partial charge in [-0.25, -0.2) is 9.59 Å². The molecule has 0 aliphatic heterocycles. The lowest BCUT2D eigenvalue weighted by molar-refractivity contribution is -0.259. The predicted octanol–water partition coefficient (Wildman–Crippen LogP) is 3.70. The summed E-state index contributed by atoms with van der Waals surface area (Å²) in [4.78, 5) is 24.8. The van der Waals surface area contributed by atoms with Crippen LogP contribution in [0.25, 0.3) is 0 Å². The molecule has 0 radical (unpaired) electrons. The number of hydrogen-bond donors (Lipinski definition) is 2. The van der Waals surface area contributed by atoms with Gasteiger partial charge in [-0.3, -0.25) is 0 Å². The summed E-state index contributed by atoms with van der Waals surface area (Å²) in [6.45, 7) is 12.4. The van der Waals surface area contributed by atoms with Gasteiger partial charge >= 0.3 is 11.9 Å². The number of rotatable bonds is 4. The lowest BCUT2D eigenvalue weighted by Gasteiger charge is -2.43. The third kappa shape index (κ3) is 2.49. The Balaban J connectivity index is 1.41. The van der Waals surface area contributed by atoms with Crippen LogP contribution in [0.1, 0.15) is 80.1 Å². The van der Waals surface area contributed by atoms with Gasteiger partial charge in [0.2, 0.25) is 11.6 Å². The van der Waals surface area contributed by atoms with E-state index >= 15 is 0 Å². The first-order valence-corrected chi connectivity index (χ1v) is 11.2. The largest absolute Gasteiger partial charge is 0.429 e. The zero-order chi connectivity index (χ0) is 22.4. The molecule has 4 bridgehead atoms. The molecule has 0 amide bonds. The van der Waals surface area contributed by atoms with Crippen LogP contribution in [0.15, 0.2) is 12.2 Å². The SMILES string of the molecule is CC1(C)[C@@H]2CC[C@@]1(C)[C@](O)(OC(=O)/C=C/C(=O)O[C@]1(O)C[C@H]3CC[C@]1(C)C3(C)C)C2. The van der Waals surface area contributed by atoms with Gasteiger partial charge in [0.1, 0.15) is 0 Å². The van der Waals surface area contributed by atoms with E-state index in [0.717, 1.165) is 37.8 Å². The number of esters is 2. The Kier molecular flexibility index (Phi) is 4.43. The van der Waals surface area contributed by atoms with Gasteiger partial charge in [-0.15, -0.1) is 0 Å². The van der Waals surface area contributed by atoms with Crippen LogP contribution in [-0.4, -0.2) is 33.7 Å². The highest BCUT2D eigenvalue weighted by molar-refractivity contribution is 5.92. The van der Waals surface area contributed by atoms with Crippen LogP contribution in [0.2, 0.25) is 0 Å². The Hall–Kier alpha value is -1.40. The summed E-state index contributed by atoms with van der Waals surface area (Å²) in [6.07, 6.45) is 6.43. The molecular weight excluding hydrogens is 384 g/mol. The third-order valence-electron chi connectivity index (χ3n) is 10.5. The van der Waals surface area contributed by atoms with Crippen molar-refractivity contribution in [2.24, 2.45) is 33.5 Å². The summed E-state index contributed by atoms with van der Waals surface area (Å²) in [5.74, 6) is -4.03. The average Bonchev–Trinajstić information content (AvgIpc) is 3.10. The van der Waals surface area contributed by atoms with Crippen molar-refractivity contribution >= 4 is 11.9 Å². The quantitative estimate of drug-likeness (QED) is 0.409. The normalized spacial score (nSPS) is 47.7. The maximum atomic E-state index is 12.4. The van der Waals surface area contributed by atoms with Crippen LogP contribution >= 0.6 is 0 Å². The van der Waals surface area contributed by atoms with Gasteiger partial charge in [-0.1, -0.05) is 41.5 Å². The molecule has 0 heterocycles. The van der Waals surface area contributed by atoms with Crippen LogP contribution in [0.4, 0.5) is 0 Å². The summed E-state index contributed by atoms with van der Waals surface area (Å²) in [5.41, 5.74) is -1.30. The standard InChI is InChI=1S/C24H36O6/c1-19(2)15-9-11-21(19,5)23(27,13-15)29-17(25)7-8-18(26)30-24(28)14-16-10-12-22(24,6)20(16,3)4/h7-8,15-16,27-28H,9-14H2,1-6H3/b8-7+/t15-,16-,21-,22-,23-,24-/m1/s1. The van der Waals surface area contributed by atoms with Gasteiger partial charge in [0.25, 0.3) is 0 Å². The molecule has 6 nitrogen and oxygen atoms in total. The molecule has 0 unspecified atom stereocenters. The molecule has 4 aliphatic carbocycles. The number of hydrogen-bond acceptors (Lipinski definition) is 6. The van der Waals surface area contributed by atoms with Crippen LogP contribution in [-0.2, 0) is 19.1 Å². The van der Waals surface area contributed by atoms with Crippen LogP contribution in [0.5, 0.6) is 0 Å². The van der Waals surface area contributed by atoms with Gasteiger partial charge in [0, 0.05) is 35.8 Å². The predicted molar refractivity (Wildman–Crippen MR) is 110 cm³/mol. The minimum Gasteiger partial charge on any atom is -0.429 e. The molecule has 0 aromatic heterocycles. The minimum atomic E-state index is -1.54. The van der Waals surface area contributed by atoms with Crippen LogP contribution in [0.3, 0.4) is 0 Å². The molecular formula is C24H36O6. The molecule has 6 heteroatoms. The molecule has 0 aromatic carbocycles. The van der Waals surface area contributed by atoms with Crippen molar-refractivity contribution in [2.45, 2.75) is 91.6 Å². The molecule has 2 N–H and O–H groups in total. The number of fused-ring (bicyclic) bond motifs is 4. The zero-order valence-corrected chi connectivity index (χ0v) is 19.1. The molecule has 4 fully saturated rings. The topological polar surface area (TPSA) is 93.1 Å². The maximum absolute atomic E-state index is 12.4. The van der Waals surface area contributed by atoms with Crippen molar-refractivity contribution in [3.63, 3.8) is 0 Å². The number of carbonyl (C=O) groups is 2. The first kappa shape index (κ1) is 21.8. The Bertz CT molecular complexity index is 749. The van der Waals surface area contributed by atoms with Gasteiger partial charge < -0.3 is 19.7 Å². The highest BCUT2D eigenvalue weighted by Gasteiger charge is 2.71. The van der Waals surface area contributed by atoms with Gasteiger partial charge in [-0.2, -0.15) is 0 Å². The van der Waals surface area contributed by atoms with Crippen LogP contribution in [0, 0.1) is 33.5 Å². The van der Waals surface area contributed by atoms with E-state index in [-0.39, 0.29) is 10.8 Å². The molecule has 4 rings (SSSR count). The van der Waals surface area contributed by atoms with Crippen molar-refractivity contribution in [2.75, 3.05) is 0 Å². The van der Waals surface area contributed by atoms with Gasteiger partial charge in [0.15, 0.2) is 0 Å². The number of ether oxygens (including phenoxy) is 2. The highest BCUT2D eigenvalue weighted by Crippen LogP contribution is 2.71. The molecule has 168 valence electrons. The summed E-state index contributed by atoms with van der Waals surface area (Å²) in [7, 11) is 0. The van der Waals surface area contributed by atoms with E-state index in [9.17, 15) is 19.8 Å². The Morgan fingerprint density at radius 1 is 0.733 bits per heavy atom. The minimum absolute atomic E-state index is 0.127. The second-order valence-electron chi connectivity index (χ2n) is 11.7. The van der Waals surface area contributed by atoms with E-state index in [1.54, 1.807) is 0 Å². The van der Waals surface area contributed by atoms with Crippen molar-refractivity contribution in [3.8, 4) is 0 Å². The maximum Gasteiger partial charge on any atom is 0.333 e. The van der Waals surface area contributed by atoms with Crippen molar-refractivity contribution < 1.29 is 29.3 Å². The molecule has 30 heavy (non-hydrogen) atoms. The second kappa shape index (κ2) is 6.10. The molecule has 6 atom stereocenters. The summed E-state index contributed by atoms with van der Waals surface area (Å²) in [6, 6.07) is 0. The van der Waals surface area contributed by atoms with Crippen molar-refractivity contribution in [1.82, 2.24) is 0 Å². The van der Waals surface area contributed by atoms with Gasteiger partial charge in [0.05, 0.1) is 0 Å². The second-order valence-corrected chi connectivity index (χ2v) is 11.7. The monoisotopic (exact) mass is 420 g/mol. The van der Waals surface area contributed by atoms with Crippen molar-refractivity contribution in [1.29, 1.82) is 0 Å². The highest BCUT2D eigenvalue weighted by atomic mass is 16.7. The van der Waals surface area contributed by atoms with Crippen molar-refractivity contribution in [3.05, 3.63) is 12.2 Å². The third-order valence-corrected chi connectivity index (χ3v) is 10.5. The lowest BCUT2D eigenvalue weighted by atomic mass is 9.68. The smallest absolute Gasteiger partial charge is 0.333 e. The summed E-state index contributed by atoms with van der Waals surface area (Å²) in [5, 5.41) is 22.2. The summed E-state index contributed by atoms with van der Waals surface area (Å²) < 4.78 is 11.0. The van der Waals surface area contributed by atoms with E-state index in [2.05, 4.69) is 27.7 Å². The summed E-state index contributed by atoms with van der Waals surface area (Å²) >= 11 is 0. The number of carbonyl (C=O) groups excluding carboxylic acids is 2. The molecule has 0 saturated heterocycles. The zero-order valence-electron chi connectivity index (χ0n) is 19.1. The Labute approximate surface area is 179 Å². The van der Waals surface area contributed by atoms with E-state index in [1.807, 2.05) is 13.8 Å². The van der Waals surface area contributed by atoms with Gasteiger partial charge in [-0.05, 0) is 48.3 Å². The van der Waals surface area contributed by atoms with Crippen LogP contribution < -0.4 is 0 Å². The Morgan fingerprint density at radius 2 is 1.07 bits per heavy atom. The molecule has 4 aliphatic rings. The van der Waals surface area contributed by atoms with E-state index in [0.29, 0.717) is 24.7 Å². The lowest BCUT2D eigenvalue weighted by Crippen LogP contribution is -2.50. The molecule has 0 aromatic rings. The van der Waals surface area contributed by atoms with E-state index in [4.69, 9.17) is 9.47 Å². The Morgan fingerprint density at radius 3 is 1.30 bits per heavy atom. The molecule has 4 saturated carbocycles. The fourth-order valence-electron chi connectivity index (χ4n) is 7.27. The average molecular weight is 421 g/mol. The van der Waals surface area contributed by atoms with E-state index in [1.165, 1.54) is 0 Å². The fraction of sp³-hybridized carbons (Fsp3) is 0.833. The van der Waals surface area contributed by atoms with E-state index < -0.39 is 34.3 Å².